The summed E-state index contributed by atoms with van der Waals surface area (Å²) < 4.78 is 5.80. The molecular weight excluding hydrogens is 138 g/mol. The molecule has 1 atom stereocenters. The molecular formula is C9H19NO. The Morgan fingerprint density at radius 1 is 1.45 bits per heavy atom. The number of hydrogen-bond donors (Lipinski definition) is 1. The van der Waals surface area contributed by atoms with Gasteiger partial charge in [0, 0.05) is 0 Å². The number of ether oxygens (including phenoxy) is 1. The van der Waals surface area contributed by atoms with E-state index in [1.54, 1.807) is 0 Å². The fourth-order valence-electron chi connectivity index (χ4n) is 0.875. The van der Waals surface area contributed by atoms with Gasteiger partial charge < -0.3 is 4.74 Å². The summed E-state index contributed by atoms with van der Waals surface area (Å²) in [5.41, 5.74) is 0.220. The summed E-state index contributed by atoms with van der Waals surface area (Å²) in [4.78, 5) is 0. The van der Waals surface area contributed by atoms with Crippen LogP contribution < -0.4 is 5.32 Å². The van der Waals surface area contributed by atoms with Gasteiger partial charge in [-0.1, -0.05) is 6.92 Å². The first-order chi connectivity index (χ1) is 4.87. The van der Waals surface area contributed by atoms with Gasteiger partial charge in [-0.3, -0.25) is 5.32 Å². The van der Waals surface area contributed by atoms with Crippen LogP contribution >= 0.6 is 0 Å². The van der Waals surface area contributed by atoms with Crippen molar-refractivity contribution >= 4 is 0 Å². The van der Waals surface area contributed by atoms with E-state index < -0.39 is 0 Å². The van der Waals surface area contributed by atoms with Crippen molar-refractivity contribution < 1.29 is 4.74 Å². The zero-order valence-electron chi connectivity index (χ0n) is 8.19. The molecule has 1 rings (SSSR count). The van der Waals surface area contributed by atoms with E-state index in [0.29, 0.717) is 0 Å². The second kappa shape index (κ2) is 2.46. The molecule has 1 saturated heterocycles. The smallest absolute Gasteiger partial charge is 0.127 e. The number of nitrogens with one attached hydrogen (secondary N) is 1. The fraction of sp³-hybridized carbons (Fsp3) is 1.00. The Hall–Kier alpha value is -0.0800. The quantitative estimate of drug-likeness (QED) is 0.634. The van der Waals surface area contributed by atoms with Crippen LogP contribution in [-0.4, -0.2) is 17.4 Å². The van der Waals surface area contributed by atoms with Crippen LogP contribution in [-0.2, 0) is 4.74 Å². The molecule has 0 saturated carbocycles. The average Bonchev–Trinajstić information content (AvgIpc) is 2.39. The van der Waals surface area contributed by atoms with Crippen LogP contribution in [0.3, 0.4) is 0 Å². The van der Waals surface area contributed by atoms with Gasteiger partial charge in [-0.25, -0.2) is 0 Å². The Kier molecular flexibility index (Phi) is 2.01. The third-order valence-electron chi connectivity index (χ3n) is 2.36. The van der Waals surface area contributed by atoms with E-state index in [4.69, 9.17) is 4.74 Å². The Bertz CT molecular complexity index is 152. The number of rotatable bonds is 3. The molecule has 1 unspecified atom stereocenters. The molecule has 0 aromatic heterocycles. The minimum atomic E-state index is 0.0193. The van der Waals surface area contributed by atoms with Crippen LogP contribution in [0.15, 0.2) is 0 Å². The molecule has 0 amide bonds. The fourth-order valence-corrected chi connectivity index (χ4v) is 0.875. The highest BCUT2D eigenvalue weighted by molar-refractivity contribution is 5.02. The highest BCUT2D eigenvalue weighted by Gasteiger charge is 2.48. The maximum atomic E-state index is 5.80. The van der Waals surface area contributed by atoms with Crippen molar-refractivity contribution in [3.05, 3.63) is 0 Å². The first-order valence-electron chi connectivity index (χ1n) is 4.33. The monoisotopic (exact) mass is 157 g/mol. The summed E-state index contributed by atoms with van der Waals surface area (Å²) in [6, 6.07) is 0. The molecule has 1 heterocycles. The molecule has 1 N–H and O–H groups in total. The predicted octanol–water partition coefficient (Wildman–Crippen LogP) is 1.90. The van der Waals surface area contributed by atoms with E-state index in [2.05, 4.69) is 39.9 Å². The van der Waals surface area contributed by atoms with Gasteiger partial charge in [-0.15, -0.1) is 0 Å². The summed E-state index contributed by atoms with van der Waals surface area (Å²) in [5, 5.41) is 3.28. The lowest BCUT2D eigenvalue weighted by molar-refractivity contribution is -0.0410. The van der Waals surface area contributed by atoms with Gasteiger partial charge in [0.05, 0.1) is 11.1 Å². The van der Waals surface area contributed by atoms with Crippen molar-refractivity contribution in [1.82, 2.24) is 5.32 Å². The first-order valence-corrected chi connectivity index (χ1v) is 4.33. The minimum absolute atomic E-state index is 0.0193. The third kappa shape index (κ3) is 2.17. The molecule has 0 aromatic carbocycles. The molecule has 2 nitrogen and oxygen atoms in total. The summed E-state index contributed by atoms with van der Waals surface area (Å²) in [5.74, 6) is 0. The normalized spacial score (nSPS) is 28.6. The van der Waals surface area contributed by atoms with Crippen molar-refractivity contribution in [3.63, 3.8) is 0 Å². The van der Waals surface area contributed by atoms with E-state index in [9.17, 15) is 0 Å². The van der Waals surface area contributed by atoms with E-state index >= 15 is 0 Å². The van der Waals surface area contributed by atoms with E-state index in [1.165, 1.54) is 0 Å². The standard InChI is InChI=1S/C9H19NO/c1-6-8(2,3)11-7-9(4,5)10-7/h7,10H,6H2,1-5H3. The van der Waals surface area contributed by atoms with Crippen LogP contribution in [0.2, 0.25) is 0 Å². The van der Waals surface area contributed by atoms with Crippen molar-refractivity contribution in [2.24, 2.45) is 0 Å². The van der Waals surface area contributed by atoms with Crippen LogP contribution in [0.1, 0.15) is 41.0 Å². The topological polar surface area (TPSA) is 31.2 Å². The van der Waals surface area contributed by atoms with Crippen molar-refractivity contribution in [1.29, 1.82) is 0 Å². The average molecular weight is 157 g/mol. The van der Waals surface area contributed by atoms with E-state index in [-0.39, 0.29) is 17.4 Å². The molecule has 0 aromatic rings. The lowest BCUT2D eigenvalue weighted by Gasteiger charge is -2.23. The van der Waals surface area contributed by atoms with E-state index in [0.717, 1.165) is 6.42 Å². The Labute approximate surface area is 69.3 Å². The Morgan fingerprint density at radius 2 is 1.91 bits per heavy atom. The van der Waals surface area contributed by atoms with Gasteiger partial charge in [0.1, 0.15) is 6.23 Å². The molecule has 0 bridgehead atoms. The van der Waals surface area contributed by atoms with Crippen LogP contribution in [0.25, 0.3) is 0 Å². The maximum absolute atomic E-state index is 5.80. The highest BCUT2D eigenvalue weighted by Crippen LogP contribution is 2.30. The summed E-state index contributed by atoms with van der Waals surface area (Å²) >= 11 is 0. The van der Waals surface area contributed by atoms with Crippen molar-refractivity contribution in [2.45, 2.75) is 58.4 Å². The zero-order chi connectivity index (χ0) is 8.70. The van der Waals surface area contributed by atoms with Crippen LogP contribution in [0.5, 0.6) is 0 Å². The Morgan fingerprint density at radius 3 is 2.18 bits per heavy atom. The zero-order valence-corrected chi connectivity index (χ0v) is 8.19. The summed E-state index contributed by atoms with van der Waals surface area (Å²) in [6.07, 6.45) is 1.32. The lowest BCUT2D eigenvalue weighted by Crippen LogP contribution is -2.27. The van der Waals surface area contributed by atoms with Crippen LogP contribution in [0, 0.1) is 0 Å². The second-order valence-electron chi connectivity index (χ2n) is 4.48. The molecule has 11 heavy (non-hydrogen) atoms. The highest BCUT2D eigenvalue weighted by atomic mass is 16.5. The molecule has 2 heteroatoms. The van der Waals surface area contributed by atoms with Crippen molar-refractivity contribution in [2.75, 3.05) is 0 Å². The second-order valence-corrected chi connectivity index (χ2v) is 4.48. The SMILES string of the molecule is CCC(C)(C)OC1NC1(C)C. The predicted molar refractivity (Wildman–Crippen MR) is 46.5 cm³/mol. The molecule has 1 aliphatic heterocycles. The summed E-state index contributed by atoms with van der Waals surface area (Å²) in [7, 11) is 0. The Balaban J connectivity index is 2.34. The van der Waals surface area contributed by atoms with Gasteiger partial charge in [-0.05, 0) is 34.1 Å². The largest absolute Gasteiger partial charge is 0.356 e. The van der Waals surface area contributed by atoms with Crippen molar-refractivity contribution in [3.8, 4) is 0 Å². The van der Waals surface area contributed by atoms with Gasteiger partial charge in [0.2, 0.25) is 0 Å². The first kappa shape index (κ1) is 9.01. The molecule has 0 radical (unpaired) electrons. The molecule has 0 aliphatic carbocycles. The summed E-state index contributed by atoms with van der Waals surface area (Å²) in [6.45, 7) is 10.7. The molecule has 66 valence electrons. The van der Waals surface area contributed by atoms with Crippen LogP contribution in [0.4, 0.5) is 0 Å². The third-order valence-corrected chi connectivity index (χ3v) is 2.36. The lowest BCUT2D eigenvalue weighted by atomic mass is 10.1. The van der Waals surface area contributed by atoms with Gasteiger partial charge >= 0.3 is 0 Å². The maximum Gasteiger partial charge on any atom is 0.127 e. The molecule has 1 fully saturated rings. The van der Waals surface area contributed by atoms with Gasteiger partial charge in [0.15, 0.2) is 0 Å². The van der Waals surface area contributed by atoms with E-state index in [1.807, 2.05) is 0 Å². The minimum Gasteiger partial charge on any atom is -0.356 e. The van der Waals surface area contributed by atoms with Gasteiger partial charge in [-0.2, -0.15) is 0 Å². The molecule has 0 spiro atoms. The molecule has 1 aliphatic rings. The van der Waals surface area contributed by atoms with Gasteiger partial charge in [0.25, 0.3) is 0 Å². The number of hydrogen-bond acceptors (Lipinski definition) is 2.